The highest BCUT2D eigenvalue weighted by atomic mass is 16.3. The Kier molecular flexibility index (Phi) is 3.11. The van der Waals surface area contributed by atoms with Crippen LogP contribution in [0.3, 0.4) is 0 Å². The summed E-state index contributed by atoms with van der Waals surface area (Å²) in [6.45, 7) is 0. The number of aliphatic hydroxyl groups excluding tert-OH is 1. The number of benzene rings is 1. The highest BCUT2D eigenvalue weighted by Crippen LogP contribution is 2.28. The summed E-state index contributed by atoms with van der Waals surface area (Å²) in [5.41, 5.74) is 1.93. The standard InChI is InChI=1S/C14H17N3O/c18-14-9-5-4-8-13(14)17-10-12(15-16-17)11-6-2-1-3-7-11/h1-3,6-7,10,13-14,18H,4-5,8-9H2. The Morgan fingerprint density at radius 2 is 1.89 bits per heavy atom. The van der Waals surface area contributed by atoms with Crippen molar-refractivity contribution in [2.45, 2.75) is 37.8 Å². The Hall–Kier alpha value is -1.68. The van der Waals surface area contributed by atoms with Crippen LogP contribution in [0.15, 0.2) is 36.5 Å². The minimum absolute atomic E-state index is 0.0868. The van der Waals surface area contributed by atoms with E-state index in [1.54, 1.807) is 0 Å². The van der Waals surface area contributed by atoms with Gasteiger partial charge < -0.3 is 5.11 Å². The zero-order valence-electron chi connectivity index (χ0n) is 10.2. The molecule has 0 amide bonds. The summed E-state index contributed by atoms with van der Waals surface area (Å²) in [5, 5.41) is 18.4. The maximum absolute atomic E-state index is 10.0. The average molecular weight is 243 g/mol. The Morgan fingerprint density at radius 1 is 1.11 bits per heavy atom. The fraction of sp³-hybridized carbons (Fsp3) is 0.429. The summed E-state index contributed by atoms with van der Waals surface area (Å²) in [5.74, 6) is 0. The lowest BCUT2D eigenvalue weighted by Gasteiger charge is -2.27. The molecule has 0 spiro atoms. The molecule has 2 aromatic rings. The van der Waals surface area contributed by atoms with Gasteiger partial charge in [0.15, 0.2) is 0 Å². The van der Waals surface area contributed by atoms with Crippen LogP contribution in [0.1, 0.15) is 31.7 Å². The second kappa shape index (κ2) is 4.90. The molecule has 1 aliphatic carbocycles. The number of aromatic nitrogens is 3. The van der Waals surface area contributed by atoms with Crippen molar-refractivity contribution in [1.82, 2.24) is 15.0 Å². The lowest BCUT2D eigenvalue weighted by atomic mass is 9.93. The quantitative estimate of drug-likeness (QED) is 0.881. The summed E-state index contributed by atoms with van der Waals surface area (Å²) in [7, 11) is 0. The molecular formula is C14H17N3O. The Labute approximate surface area is 106 Å². The third kappa shape index (κ3) is 2.16. The van der Waals surface area contributed by atoms with Gasteiger partial charge >= 0.3 is 0 Å². The summed E-state index contributed by atoms with van der Waals surface area (Å²) >= 11 is 0. The fourth-order valence-electron chi connectivity index (χ4n) is 2.58. The van der Waals surface area contributed by atoms with Crippen LogP contribution in [0.25, 0.3) is 11.3 Å². The second-order valence-electron chi connectivity index (χ2n) is 4.87. The summed E-state index contributed by atoms with van der Waals surface area (Å²) in [6.07, 6.45) is 5.77. The smallest absolute Gasteiger partial charge is 0.113 e. The van der Waals surface area contributed by atoms with E-state index in [1.165, 1.54) is 0 Å². The first kappa shape index (κ1) is 11.4. The van der Waals surface area contributed by atoms with Crippen LogP contribution in [-0.4, -0.2) is 26.2 Å². The van der Waals surface area contributed by atoms with Gasteiger partial charge in [0.2, 0.25) is 0 Å². The van der Waals surface area contributed by atoms with E-state index in [4.69, 9.17) is 0 Å². The first-order valence-corrected chi connectivity index (χ1v) is 6.50. The molecule has 2 unspecified atom stereocenters. The van der Waals surface area contributed by atoms with Gasteiger partial charge in [0, 0.05) is 5.56 Å². The Morgan fingerprint density at radius 3 is 2.67 bits per heavy atom. The zero-order valence-corrected chi connectivity index (χ0v) is 10.2. The first-order valence-electron chi connectivity index (χ1n) is 6.50. The van der Waals surface area contributed by atoms with Gasteiger partial charge in [0.25, 0.3) is 0 Å². The van der Waals surface area contributed by atoms with Gasteiger partial charge in [-0.2, -0.15) is 0 Å². The van der Waals surface area contributed by atoms with Crippen LogP contribution in [-0.2, 0) is 0 Å². The fourth-order valence-corrected chi connectivity index (χ4v) is 2.58. The third-order valence-electron chi connectivity index (χ3n) is 3.61. The van der Waals surface area contributed by atoms with E-state index in [0.29, 0.717) is 0 Å². The lowest BCUT2D eigenvalue weighted by molar-refractivity contribution is 0.0685. The topological polar surface area (TPSA) is 50.9 Å². The molecule has 18 heavy (non-hydrogen) atoms. The number of nitrogens with zero attached hydrogens (tertiary/aromatic N) is 3. The molecule has 94 valence electrons. The molecule has 3 rings (SSSR count). The third-order valence-corrected chi connectivity index (χ3v) is 3.61. The average Bonchev–Trinajstić information content (AvgIpc) is 2.90. The minimum Gasteiger partial charge on any atom is -0.391 e. The van der Waals surface area contributed by atoms with Gasteiger partial charge in [0.05, 0.1) is 18.3 Å². The molecule has 2 atom stereocenters. The molecular weight excluding hydrogens is 226 g/mol. The molecule has 0 radical (unpaired) electrons. The van der Waals surface area contributed by atoms with Gasteiger partial charge in [-0.3, -0.25) is 0 Å². The maximum atomic E-state index is 10.0. The monoisotopic (exact) mass is 243 g/mol. The minimum atomic E-state index is -0.288. The van der Waals surface area contributed by atoms with Crippen LogP contribution >= 0.6 is 0 Å². The van der Waals surface area contributed by atoms with Gasteiger partial charge in [0.1, 0.15) is 5.69 Å². The first-order chi connectivity index (χ1) is 8.84. The molecule has 1 saturated carbocycles. The van der Waals surface area contributed by atoms with Crippen LogP contribution < -0.4 is 0 Å². The second-order valence-corrected chi connectivity index (χ2v) is 4.87. The van der Waals surface area contributed by atoms with Crippen molar-refractivity contribution in [3.05, 3.63) is 36.5 Å². The summed E-state index contributed by atoms with van der Waals surface area (Å²) in [6, 6.07) is 10.1. The predicted molar refractivity (Wildman–Crippen MR) is 69.0 cm³/mol. The van der Waals surface area contributed by atoms with E-state index < -0.39 is 0 Å². The van der Waals surface area contributed by atoms with E-state index in [-0.39, 0.29) is 12.1 Å². The van der Waals surface area contributed by atoms with Crippen molar-refractivity contribution in [2.75, 3.05) is 0 Å². The van der Waals surface area contributed by atoms with Gasteiger partial charge in [-0.1, -0.05) is 48.4 Å². The SMILES string of the molecule is OC1CCCCC1n1cc(-c2ccccc2)nn1. The lowest BCUT2D eigenvalue weighted by Crippen LogP contribution is -2.27. The molecule has 0 aliphatic heterocycles. The van der Waals surface area contributed by atoms with Gasteiger partial charge in [-0.15, -0.1) is 5.10 Å². The zero-order chi connectivity index (χ0) is 12.4. The van der Waals surface area contributed by atoms with E-state index in [2.05, 4.69) is 10.3 Å². The van der Waals surface area contributed by atoms with Crippen LogP contribution in [0.2, 0.25) is 0 Å². The van der Waals surface area contributed by atoms with Crippen molar-refractivity contribution in [2.24, 2.45) is 0 Å². The molecule has 1 aromatic heterocycles. The maximum Gasteiger partial charge on any atom is 0.113 e. The predicted octanol–water partition coefficient (Wildman–Crippen LogP) is 2.42. The van der Waals surface area contributed by atoms with Crippen LogP contribution in [0, 0.1) is 0 Å². The van der Waals surface area contributed by atoms with E-state index in [9.17, 15) is 5.11 Å². The summed E-state index contributed by atoms with van der Waals surface area (Å²) in [4.78, 5) is 0. The van der Waals surface area contributed by atoms with Crippen LogP contribution in [0.5, 0.6) is 0 Å². The van der Waals surface area contributed by atoms with E-state index in [0.717, 1.165) is 36.9 Å². The molecule has 1 aromatic carbocycles. The number of rotatable bonds is 2. The van der Waals surface area contributed by atoms with Crippen molar-refractivity contribution in [3.63, 3.8) is 0 Å². The molecule has 1 fully saturated rings. The summed E-state index contributed by atoms with van der Waals surface area (Å²) < 4.78 is 1.83. The van der Waals surface area contributed by atoms with Gasteiger partial charge in [-0.25, -0.2) is 4.68 Å². The largest absolute Gasteiger partial charge is 0.391 e. The molecule has 4 nitrogen and oxygen atoms in total. The normalized spacial score (nSPS) is 24.1. The Balaban J connectivity index is 1.85. The number of hydrogen-bond donors (Lipinski definition) is 1. The molecule has 0 saturated heterocycles. The van der Waals surface area contributed by atoms with E-state index in [1.807, 2.05) is 41.2 Å². The van der Waals surface area contributed by atoms with Crippen molar-refractivity contribution < 1.29 is 5.11 Å². The van der Waals surface area contributed by atoms with Crippen molar-refractivity contribution in [1.29, 1.82) is 0 Å². The molecule has 1 N–H and O–H groups in total. The van der Waals surface area contributed by atoms with E-state index >= 15 is 0 Å². The van der Waals surface area contributed by atoms with Gasteiger partial charge in [-0.05, 0) is 12.8 Å². The number of hydrogen-bond acceptors (Lipinski definition) is 3. The highest BCUT2D eigenvalue weighted by molar-refractivity contribution is 5.57. The van der Waals surface area contributed by atoms with Crippen molar-refractivity contribution in [3.8, 4) is 11.3 Å². The molecule has 1 aliphatic rings. The molecule has 4 heteroatoms. The number of aliphatic hydroxyl groups is 1. The molecule has 0 bridgehead atoms. The van der Waals surface area contributed by atoms with Crippen LogP contribution in [0.4, 0.5) is 0 Å². The highest BCUT2D eigenvalue weighted by Gasteiger charge is 2.25. The molecule has 1 heterocycles. The van der Waals surface area contributed by atoms with Crippen molar-refractivity contribution >= 4 is 0 Å². The Bertz CT molecular complexity index is 509.